The number of anilines is 1. The Balaban J connectivity index is 2.43. The van der Waals surface area contributed by atoms with Crippen LogP contribution in [0.2, 0.25) is 0 Å². The van der Waals surface area contributed by atoms with Crippen LogP contribution < -0.4 is 10.5 Å². The second-order valence-corrected chi connectivity index (χ2v) is 7.62. The third kappa shape index (κ3) is 3.42. The summed E-state index contributed by atoms with van der Waals surface area (Å²) in [5.74, 6) is 0. The van der Waals surface area contributed by atoms with Gasteiger partial charge in [0.25, 0.3) is 10.0 Å². The molecule has 0 unspecified atom stereocenters. The van der Waals surface area contributed by atoms with E-state index in [-0.39, 0.29) is 4.90 Å². The molecule has 0 aliphatic rings. The smallest absolute Gasteiger partial charge is 0.263 e. The van der Waals surface area contributed by atoms with Crippen molar-refractivity contribution in [3.8, 4) is 0 Å². The van der Waals surface area contributed by atoms with Gasteiger partial charge in [0.1, 0.15) is 0 Å². The number of thiazole rings is 1. The number of nitrogens with two attached hydrogens (primary N) is 1. The minimum Gasteiger partial charge on any atom is -0.326 e. The fraction of sp³-hybridized carbons (Fsp3) is 0.357. The maximum atomic E-state index is 12.6. The van der Waals surface area contributed by atoms with E-state index in [9.17, 15) is 8.42 Å². The Bertz CT molecular complexity index is 732. The Kier molecular flexibility index (Phi) is 4.65. The molecule has 7 heteroatoms. The molecule has 2 rings (SSSR count). The molecule has 0 atom stereocenters. The first-order valence-corrected chi connectivity index (χ1v) is 8.96. The van der Waals surface area contributed by atoms with E-state index in [4.69, 9.17) is 5.73 Å². The van der Waals surface area contributed by atoms with Gasteiger partial charge in [-0.3, -0.25) is 4.72 Å². The number of benzene rings is 1. The predicted octanol–water partition coefficient (Wildman–Crippen LogP) is 2.58. The summed E-state index contributed by atoms with van der Waals surface area (Å²) < 4.78 is 27.7. The highest BCUT2D eigenvalue weighted by molar-refractivity contribution is 7.93. The Morgan fingerprint density at radius 2 is 2.05 bits per heavy atom. The molecule has 114 valence electrons. The fourth-order valence-electron chi connectivity index (χ4n) is 1.95. The van der Waals surface area contributed by atoms with Crippen LogP contribution in [0.4, 0.5) is 5.13 Å². The SMILES string of the molecule is CCc1ccc(CN)cc1S(=O)(=O)Nc1nc(C)c(C)s1. The van der Waals surface area contributed by atoms with E-state index in [0.717, 1.165) is 21.7 Å². The minimum absolute atomic E-state index is 0.276. The van der Waals surface area contributed by atoms with Crippen molar-refractivity contribution in [2.75, 3.05) is 4.72 Å². The summed E-state index contributed by atoms with van der Waals surface area (Å²) in [5, 5.41) is 0.394. The molecule has 0 saturated heterocycles. The van der Waals surface area contributed by atoms with Gasteiger partial charge in [0, 0.05) is 11.4 Å². The molecule has 1 aromatic heterocycles. The van der Waals surface area contributed by atoms with Gasteiger partial charge in [0.15, 0.2) is 5.13 Å². The molecule has 0 aliphatic carbocycles. The van der Waals surface area contributed by atoms with Crippen LogP contribution in [-0.4, -0.2) is 13.4 Å². The van der Waals surface area contributed by atoms with Crippen molar-refractivity contribution < 1.29 is 8.42 Å². The monoisotopic (exact) mass is 325 g/mol. The molecule has 0 amide bonds. The van der Waals surface area contributed by atoms with Gasteiger partial charge in [-0.2, -0.15) is 0 Å². The van der Waals surface area contributed by atoms with Crippen molar-refractivity contribution >= 4 is 26.5 Å². The normalized spacial score (nSPS) is 11.6. The number of nitrogens with one attached hydrogen (secondary N) is 1. The average molecular weight is 325 g/mol. The molecule has 0 saturated carbocycles. The van der Waals surface area contributed by atoms with Gasteiger partial charge in [-0.15, -0.1) is 11.3 Å². The maximum absolute atomic E-state index is 12.6. The van der Waals surface area contributed by atoms with Crippen molar-refractivity contribution in [3.63, 3.8) is 0 Å². The van der Waals surface area contributed by atoms with E-state index in [1.54, 1.807) is 6.07 Å². The molecule has 21 heavy (non-hydrogen) atoms. The van der Waals surface area contributed by atoms with Crippen molar-refractivity contribution in [1.29, 1.82) is 0 Å². The van der Waals surface area contributed by atoms with Gasteiger partial charge in [0.2, 0.25) is 0 Å². The van der Waals surface area contributed by atoms with Crippen LogP contribution >= 0.6 is 11.3 Å². The van der Waals surface area contributed by atoms with Crippen LogP contribution in [0.1, 0.15) is 28.6 Å². The summed E-state index contributed by atoms with van der Waals surface area (Å²) in [6, 6.07) is 5.30. The lowest BCUT2D eigenvalue weighted by Gasteiger charge is -2.11. The Hall–Kier alpha value is -1.44. The molecule has 0 aliphatic heterocycles. The molecule has 2 aromatic rings. The van der Waals surface area contributed by atoms with E-state index < -0.39 is 10.0 Å². The fourth-order valence-corrected chi connectivity index (χ4v) is 4.37. The van der Waals surface area contributed by atoms with Gasteiger partial charge in [-0.05, 0) is 37.5 Å². The molecular formula is C14H19N3O2S2. The van der Waals surface area contributed by atoms with E-state index in [2.05, 4.69) is 9.71 Å². The van der Waals surface area contributed by atoms with E-state index in [1.165, 1.54) is 11.3 Å². The highest BCUT2D eigenvalue weighted by Gasteiger charge is 2.20. The molecule has 0 spiro atoms. The van der Waals surface area contributed by atoms with Crippen molar-refractivity contribution in [2.24, 2.45) is 5.73 Å². The zero-order valence-corrected chi connectivity index (χ0v) is 13.9. The second kappa shape index (κ2) is 6.13. The largest absolute Gasteiger partial charge is 0.326 e. The summed E-state index contributed by atoms with van der Waals surface area (Å²) in [5.41, 5.74) is 8.00. The predicted molar refractivity (Wildman–Crippen MR) is 86.1 cm³/mol. The van der Waals surface area contributed by atoms with Crippen LogP contribution in [0.25, 0.3) is 0 Å². The lowest BCUT2D eigenvalue weighted by molar-refractivity contribution is 0.600. The molecule has 0 fully saturated rings. The first-order chi connectivity index (χ1) is 9.87. The summed E-state index contributed by atoms with van der Waals surface area (Å²) in [7, 11) is -3.65. The zero-order chi connectivity index (χ0) is 15.6. The molecule has 1 heterocycles. The molecule has 0 bridgehead atoms. The molecular weight excluding hydrogens is 306 g/mol. The molecule has 3 N–H and O–H groups in total. The van der Waals surface area contributed by atoms with Crippen LogP contribution in [0, 0.1) is 13.8 Å². The van der Waals surface area contributed by atoms with Crippen LogP contribution in [0.5, 0.6) is 0 Å². The molecule has 1 aromatic carbocycles. The third-order valence-corrected chi connectivity index (χ3v) is 5.83. The molecule has 0 radical (unpaired) electrons. The Labute approximate surface area is 129 Å². The summed E-state index contributed by atoms with van der Waals surface area (Å²) in [6.45, 7) is 6.00. The van der Waals surface area contributed by atoms with Gasteiger partial charge in [0.05, 0.1) is 10.6 Å². The number of hydrogen-bond acceptors (Lipinski definition) is 5. The van der Waals surface area contributed by atoms with Crippen LogP contribution in [-0.2, 0) is 23.0 Å². The quantitative estimate of drug-likeness (QED) is 0.885. The first-order valence-electron chi connectivity index (χ1n) is 6.66. The Morgan fingerprint density at radius 1 is 1.33 bits per heavy atom. The van der Waals surface area contributed by atoms with Crippen molar-refractivity contribution in [1.82, 2.24) is 4.98 Å². The second-order valence-electron chi connectivity index (χ2n) is 4.77. The van der Waals surface area contributed by atoms with Gasteiger partial charge < -0.3 is 5.73 Å². The third-order valence-electron chi connectivity index (χ3n) is 3.29. The number of aryl methyl sites for hydroxylation is 3. The number of nitrogens with zero attached hydrogens (tertiary/aromatic N) is 1. The topological polar surface area (TPSA) is 85.1 Å². The highest BCUT2D eigenvalue weighted by atomic mass is 32.2. The average Bonchev–Trinajstić information content (AvgIpc) is 2.75. The number of rotatable bonds is 5. The Morgan fingerprint density at radius 3 is 2.57 bits per heavy atom. The maximum Gasteiger partial charge on any atom is 0.263 e. The van der Waals surface area contributed by atoms with Crippen LogP contribution in [0.3, 0.4) is 0 Å². The number of aromatic nitrogens is 1. The van der Waals surface area contributed by atoms with E-state index >= 15 is 0 Å². The van der Waals surface area contributed by atoms with Crippen LogP contribution in [0.15, 0.2) is 23.1 Å². The van der Waals surface area contributed by atoms with Gasteiger partial charge in [-0.25, -0.2) is 13.4 Å². The highest BCUT2D eigenvalue weighted by Crippen LogP contribution is 2.26. The lowest BCUT2D eigenvalue weighted by Crippen LogP contribution is -2.15. The number of sulfonamides is 1. The first kappa shape index (κ1) is 15.9. The summed E-state index contributed by atoms with van der Waals surface area (Å²) in [6.07, 6.45) is 0.636. The zero-order valence-electron chi connectivity index (χ0n) is 12.3. The van der Waals surface area contributed by atoms with Crippen molar-refractivity contribution in [3.05, 3.63) is 39.9 Å². The lowest BCUT2D eigenvalue weighted by atomic mass is 10.1. The van der Waals surface area contributed by atoms with E-state index in [0.29, 0.717) is 18.1 Å². The summed E-state index contributed by atoms with van der Waals surface area (Å²) >= 11 is 1.33. The standard InChI is InChI=1S/C14H19N3O2S2/c1-4-12-6-5-11(8-15)7-13(12)21(18,19)17-14-16-9(2)10(3)20-14/h5-7H,4,8,15H2,1-3H3,(H,16,17). The van der Waals surface area contributed by atoms with Crippen molar-refractivity contribution in [2.45, 2.75) is 38.6 Å². The number of hydrogen-bond donors (Lipinski definition) is 2. The van der Waals surface area contributed by atoms with Gasteiger partial charge in [-0.1, -0.05) is 19.1 Å². The summed E-state index contributed by atoms with van der Waals surface area (Å²) in [4.78, 5) is 5.50. The minimum atomic E-state index is -3.65. The van der Waals surface area contributed by atoms with Gasteiger partial charge >= 0.3 is 0 Å². The van der Waals surface area contributed by atoms with E-state index in [1.807, 2.05) is 32.9 Å². The molecule has 5 nitrogen and oxygen atoms in total.